The maximum absolute atomic E-state index is 6.03. The minimum atomic E-state index is 0.328. The van der Waals surface area contributed by atoms with E-state index < -0.39 is 0 Å². The molecule has 0 radical (unpaired) electrons. The standard InChI is InChI=1S/C25H28N8/c1-2-33-17-22(24(31-33)18-4-3-12-27-16-18)23-9-13-28-25(30-23)29-20-5-7-21(8-6-20)32-14-10-19(26)11-15-32/h3-9,12-13,16-17,19H,2,10-11,14-15,26H2,1H3,(H,28,29,30). The maximum Gasteiger partial charge on any atom is 0.227 e. The largest absolute Gasteiger partial charge is 0.371 e. The van der Waals surface area contributed by atoms with Crippen LogP contribution < -0.4 is 16.0 Å². The molecule has 0 aliphatic carbocycles. The molecule has 4 aromatic rings. The molecule has 0 atom stereocenters. The van der Waals surface area contributed by atoms with E-state index in [1.807, 2.05) is 35.3 Å². The predicted octanol–water partition coefficient (Wildman–Crippen LogP) is 4.09. The summed E-state index contributed by atoms with van der Waals surface area (Å²) in [5.41, 5.74) is 11.8. The number of aromatic nitrogens is 5. The molecule has 0 bridgehead atoms. The van der Waals surface area contributed by atoms with E-state index in [0.717, 1.165) is 60.7 Å². The molecule has 168 valence electrons. The minimum absolute atomic E-state index is 0.328. The molecule has 33 heavy (non-hydrogen) atoms. The van der Waals surface area contributed by atoms with Gasteiger partial charge < -0.3 is 16.0 Å². The number of anilines is 3. The molecule has 8 heteroatoms. The van der Waals surface area contributed by atoms with E-state index in [1.54, 1.807) is 12.4 Å². The van der Waals surface area contributed by atoms with Crippen LogP contribution in [-0.2, 0) is 6.54 Å². The smallest absolute Gasteiger partial charge is 0.227 e. The molecule has 1 saturated heterocycles. The number of benzene rings is 1. The Morgan fingerprint density at radius 3 is 2.61 bits per heavy atom. The first kappa shape index (κ1) is 21.1. The van der Waals surface area contributed by atoms with Gasteiger partial charge in [-0.1, -0.05) is 0 Å². The quantitative estimate of drug-likeness (QED) is 0.466. The van der Waals surface area contributed by atoms with E-state index >= 15 is 0 Å². The van der Waals surface area contributed by atoms with Gasteiger partial charge in [-0.05, 0) is 62.2 Å². The Morgan fingerprint density at radius 1 is 1.06 bits per heavy atom. The van der Waals surface area contributed by atoms with Gasteiger partial charge in [-0.15, -0.1) is 0 Å². The summed E-state index contributed by atoms with van der Waals surface area (Å²) in [7, 11) is 0. The number of piperidine rings is 1. The van der Waals surface area contributed by atoms with E-state index in [1.165, 1.54) is 5.69 Å². The number of nitrogens with one attached hydrogen (secondary N) is 1. The summed E-state index contributed by atoms with van der Waals surface area (Å²) in [5.74, 6) is 0.547. The van der Waals surface area contributed by atoms with Crippen LogP contribution in [-0.4, -0.2) is 43.9 Å². The van der Waals surface area contributed by atoms with E-state index in [2.05, 4.69) is 51.4 Å². The molecule has 0 saturated carbocycles. The fourth-order valence-corrected chi connectivity index (χ4v) is 4.10. The van der Waals surface area contributed by atoms with Crippen LogP contribution in [0.5, 0.6) is 0 Å². The van der Waals surface area contributed by atoms with Crippen molar-refractivity contribution in [2.45, 2.75) is 32.4 Å². The van der Waals surface area contributed by atoms with Gasteiger partial charge in [-0.25, -0.2) is 9.97 Å². The van der Waals surface area contributed by atoms with Crippen LogP contribution in [0.3, 0.4) is 0 Å². The van der Waals surface area contributed by atoms with Gasteiger partial charge in [0.15, 0.2) is 0 Å². The molecule has 1 fully saturated rings. The van der Waals surface area contributed by atoms with E-state index in [9.17, 15) is 0 Å². The van der Waals surface area contributed by atoms with E-state index in [0.29, 0.717) is 12.0 Å². The molecule has 1 aromatic carbocycles. The SMILES string of the molecule is CCn1cc(-c2ccnc(Nc3ccc(N4CCC(N)CC4)cc3)n2)c(-c2cccnc2)n1. The first-order valence-corrected chi connectivity index (χ1v) is 11.4. The molecule has 3 aromatic heterocycles. The molecule has 3 N–H and O–H groups in total. The van der Waals surface area contributed by atoms with Crippen LogP contribution in [0.4, 0.5) is 17.3 Å². The van der Waals surface area contributed by atoms with Crippen LogP contribution in [0, 0.1) is 0 Å². The second kappa shape index (κ2) is 9.38. The van der Waals surface area contributed by atoms with Crippen molar-refractivity contribution < 1.29 is 0 Å². The van der Waals surface area contributed by atoms with Crippen molar-refractivity contribution in [1.29, 1.82) is 0 Å². The summed E-state index contributed by atoms with van der Waals surface area (Å²) in [6.07, 6.45) is 9.45. The molecule has 4 heterocycles. The summed E-state index contributed by atoms with van der Waals surface area (Å²) in [4.78, 5) is 15.8. The number of hydrogen-bond acceptors (Lipinski definition) is 7. The molecule has 1 aliphatic heterocycles. The molecule has 1 aliphatic rings. The third kappa shape index (κ3) is 4.70. The summed E-state index contributed by atoms with van der Waals surface area (Å²) in [6.45, 7) is 4.85. The number of hydrogen-bond donors (Lipinski definition) is 2. The van der Waals surface area contributed by atoms with Crippen LogP contribution in [0.15, 0.2) is 67.3 Å². The maximum atomic E-state index is 6.03. The van der Waals surface area contributed by atoms with Gasteiger partial charge in [0.25, 0.3) is 0 Å². The second-order valence-corrected chi connectivity index (χ2v) is 8.25. The summed E-state index contributed by atoms with van der Waals surface area (Å²) >= 11 is 0. The van der Waals surface area contributed by atoms with Gasteiger partial charge in [-0.3, -0.25) is 9.67 Å². The van der Waals surface area contributed by atoms with Crippen molar-refractivity contribution >= 4 is 17.3 Å². The van der Waals surface area contributed by atoms with Crippen LogP contribution >= 0.6 is 0 Å². The van der Waals surface area contributed by atoms with Gasteiger partial charge in [-0.2, -0.15) is 5.10 Å². The highest BCUT2D eigenvalue weighted by Crippen LogP contribution is 2.30. The molecule has 0 amide bonds. The monoisotopic (exact) mass is 440 g/mol. The zero-order valence-corrected chi connectivity index (χ0v) is 18.7. The Morgan fingerprint density at radius 2 is 1.88 bits per heavy atom. The van der Waals surface area contributed by atoms with Crippen molar-refractivity contribution in [2.75, 3.05) is 23.3 Å². The fraction of sp³-hybridized carbons (Fsp3) is 0.280. The number of pyridine rings is 1. The molecular weight excluding hydrogens is 412 g/mol. The Hall–Kier alpha value is -3.78. The molecular formula is C25H28N8. The lowest BCUT2D eigenvalue weighted by Crippen LogP contribution is -2.39. The minimum Gasteiger partial charge on any atom is -0.371 e. The number of rotatable bonds is 6. The van der Waals surface area contributed by atoms with Gasteiger partial charge >= 0.3 is 0 Å². The van der Waals surface area contributed by atoms with Gasteiger partial charge in [0, 0.05) is 73.0 Å². The lowest BCUT2D eigenvalue weighted by Gasteiger charge is -2.32. The zero-order valence-electron chi connectivity index (χ0n) is 18.7. The third-order valence-corrected chi connectivity index (χ3v) is 5.98. The first-order valence-electron chi connectivity index (χ1n) is 11.4. The molecule has 0 spiro atoms. The molecule has 8 nitrogen and oxygen atoms in total. The number of aryl methyl sites for hydroxylation is 1. The highest BCUT2D eigenvalue weighted by atomic mass is 15.3. The Kier molecular flexibility index (Phi) is 5.99. The summed E-state index contributed by atoms with van der Waals surface area (Å²) < 4.78 is 1.92. The van der Waals surface area contributed by atoms with Gasteiger partial charge in [0.1, 0.15) is 5.69 Å². The Bertz CT molecular complexity index is 1190. The molecule has 5 rings (SSSR count). The summed E-state index contributed by atoms with van der Waals surface area (Å²) in [6, 6.07) is 14.6. The topological polar surface area (TPSA) is 97.8 Å². The van der Waals surface area contributed by atoms with Crippen LogP contribution in [0.2, 0.25) is 0 Å². The van der Waals surface area contributed by atoms with E-state index in [-0.39, 0.29) is 0 Å². The average molecular weight is 441 g/mol. The van der Waals surface area contributed by atoms with Gasteiger partial charge in [0.2, 0.25) is 5.95 Å². The summed E-state index contributed by atoms with van der Waals surface area (Å²) in [5, 5.41) is 8.06. The van der Waals surface area contributed by atoms with Crippen molar-refractivity contribution in [2.24, 2.45) is 5.73 Å². The molecule has 0 unspecified atom stereocenters. The average Bonchev–Trinajstić information content (AvgIpc) is 3.31. The lowest BCUT2D eigenvalue weighted by atomic mass is 10.1. The van der Waals surface area contributed by atoms with Gasteiger partial charge in [0.05, 0.1) is 5.69 Å². The predicted molar refractivity (Wildman–Crippen MR) is 131 cm³/mol. The van der Waals surface area contributed by atoms with Crippen molar-refractivity contribution in [3.05, 3.63) is 67.3 Å². The Balaban J connectivity index is 1.37. The Labute approximate surface area is 193 Å². The van der Waals surface area contributed by atoms with Crippen LogP contribution in [0.25, 0.3) is 22.5 Å². The first-order chi connectivity index (χ1) is 16.2. The number of nitrogens with zero attached hydrogens (tertiary/aromatic N) is 6. The highest BCUT2D eigenvalue weighted by Gasteiger charge is 2.17. The number of nitrogens with two attached hydrogens (primary N) is 1. The van der Waals surface area contributed by atoms with Crippen molar-refractivity contribution in [3.8, 4) is 22.5 Å². The third-order valence-electron chi connectivity index (χ3n) is 5.98. The van der Waals surface area contributed by atoms with Crippen LogP contribution in [0.1, 0.15) is 19.8 Å². The van der Waals surface area contributed by atoms with Crippen molar-refractivity contribution in [1.82, 2.24) is 24.7 Å². The zero-order chi connectivity index (χ0) is 22.6. The normalized spacial score (nSPS) is 14.4. The van der Waals surface area contributed by atoms with E-state index in [4.69, 9.17) is 15.8 Å². The van der Waals surface area contributed by atoms with Crippen molar-refractivity contribution in [3.63, 3.8) is 0 Å². The fourth-order valence-electron chi connectivity index (χ4n) is 4.10. The lowest BCUT2D eigenvalue weighted by molar-refractivity contribution is 0.501. The highest BCUT2D eigenvalue weighted by molar-refractivity contribution is 5.78. The second-order valence-electron chi connectivity index (χ2n) is 8.25.